The number of carbonyl (C=O) groups excluding carboxylic acids is 2. The molecule has 0 atom stereocenters. The number of rotatable bonds is 10. The first-order valence-electron chi connectivity index (χ1n) is 10.8. The van der Waals surface area contributed by atoms with Gasteiger partial charge in [0.05, 0.1) is 30.0 Å². The van der Waals surface area contributed by atoms with Crippen LogP contribution in [0.5, 0.6) is 0 Å². The van der Waals surface area contributed by atoms with Gasteiger partial charge in [-0.1, -0.05) is 48.5 Å². The van der Waals surface area contributed by atoms with E-state index in [0.29, 0.717) is 16.7 Å². The van der Waals surface area contributed by atoms with Crippen molar-refractivity contribution < 1.29 is 22.7 Å². The highest BCUT2D eigenvalue weighted by molar-refractivity contribution is 7.92. The molecular formula is C25H26N4O5S. The standard InChI is InChI=1S/C25H26N4O5S/c1-2-34-24(31)15-19-12-13-20(29-35(32,33)21-6-4-3-5-7-21)16-22(19)28-23(30)14-17-8-10-18(11-9-17)25(26)27/h3-13,16,29H,2,14-15H2,1H3,(H3,26,27)(H,28,30). The van der Waals surface area contributed by atoms with E-state index in [4.69, 9.17) is 15.9 Å². The molecule has 3 aromatic rings. The molecule has 0 saturated carbocycles. The maximum atomic E-state index is 12.7. The van der Waals surface area contributed by atoms with Crippen LogP contribution in [-0.2, 0) is 37.2 Å². The second-order valence-corrected chi connectivity index (χ2v) is 9.29. The summed E-state index contributed by atoms with van der Waals surface area (Å²) >= 11 is 0. The van der Waals surface area contributed by atoms with E-state index in [0.717, 1.165) is 0 Å². The Labute approximate surface area is 203 Å². The highest BCUT2D eigenvalue weighted by Gasteiger charge is 2.17. The van der Waals surface area contributed by atoms with Gasteiger partial charge in [0, 0.05) is 11.3 Å². The summed E-state index contributed by atoms with van der Waals surface area (Å²) in [5.41, 5.74) is 7.69. The summed E-state index contributed by atoms with van der Waals surface area (Å²) in [6, 6.07) is 19.1. The summed E-state index contributed by atoms with van der Waals surface area (Å²) in [6.07, 6.45) is -0.0700. The maximum absolute atomic E-state index is 12.7. The zero-order valence-electron chi connectivity index (χ0n) is 19.1. The van der Waals surface area contributed by atoms with Crippen LogP contribution in [0.3, 0.4) is 0 Å². The van der Waals surface area contributed by atoms with Crippen LogP contribution in [0.25, 0.3) is 0 Å². The van der Waals surface area contributed by atoms with Gasteiger partial charge in [0.1, 0.15) is 5.84 Å². The van der Waals surface area contributed by atoms with Gasteiger partial charge in [0.2, 0.25) is 5.91 Å². The molecule has 0 aliphatic carbocycles. The first-order valence-corrected chi connectivity index (χ1v) is 12.3. The lowest BCUT2D eigenvalue weighted by Crippen LogP contribution is -2.18. The van der Waals surface area contributed by atoms with Crippen LogP contribution >= 0.6 is 0 Å². The van der Waals surface area contributed by atoms with E-state index in [1.54, 1.807) is 55.5 Å². The Morgan fingerprint density at radius 2 is 1.66 bits per heavy atom. The largest absolute Gasteiger partial charge is 0.466 e. The Kier molecular flexibility index (Phi) is 8.21. The number of anilines is 2. The van der Waals surface area contributed by atoms with Gasteiger partial charge in [-0.3, -0.25) is 19.7 Å². The van der Waals surface area contributed by atoms with Gasteiger partial charge < -0.3 is 15.8 Å². The van der Waals surface area contributed by atoms with Gasteiger partial charge in [-0.25, -0.2) is 8.42 Å². The molecule has 0 aromatic heterocycles. The minimum atomic E-state index is -3.84. The Balaban J connectivity index is 1.83. The third-order valence-electron chi connectivity index (χ3n) is 4.96. The van der Waals surface area contributed by atoms with Crippen molar-refractivity contribution in [1.29, 1.82) is 5.41 Å². The topological polar surface area (TPSA) is 151 Å². The Morgan fingerprint density at radius 1 is 0.971 bits per heavy atom. The monoisotopic (exact) mass is 494 g/mol. The summed E-state index contributed by atoms with van der Waals surface area (Å²) in [5.74, 6) is -0.909. The smallest absolute Gasteiger partial charge is 0.310 e. The Morgan fingerprint density at radius 3 is 2.29 bits per heavy atom. The van der Waals surface area contributed by atoms with Crippen LogP contribution in [0.2, 0.25) is 0 Å². The highest BCUT2D eigenvalue weighted by Crippen LogP contribution is 2.25. The van der Waals surface area contributed by atoms with Crippen LogP contribution < -0.4 is 15.8 Å². The van der Waals surface area contributed by atoms with Crippen molar-refractivity contribution in [1.82, 2.24) is 0 Å². The summed E-state index contributed by atoms with van der Waals surface area (Å²) in [7, 11) is -3.84. The number of benzene rings is 3. The molecule has 9 nitrogen and oxygen atoms in total. The van der Waals surface area contributed by atoms with Gasteiger partial charge >= 0.3 is 5.97 Å². The number of amides is 1. The molecule has 1 amide bonds. The SMILES string of the molecule is CCOC(=O)Cc1ccc(NS(=O)(=O)c2ccccc2)cc1NC(=O)Cc1ccc(C(=N)N)cc1. The van der Waals surface area contributed by atoms with Crippen molar-refractivity contribution in [3.05, 3.63) is 89.5 Å². The molecule has 0 heterocycles. The van der Waals surface area contributed by atoms with Gasteiger partial charge in [-0.15, -0.1) is 0 Å². The van der Waals surface area contributed by atoms with Crippen LogP contribution in [-0.4, -0.2) is 32.7 Å². The predicted octanol–water partition coefficient (Wildman–Crippen LogP) is 3.06. The van der Waals surface area contributed by atoms with E-state index in [1.807, 2.05) is 0 Å². The number of sulfonamides is 1. The number of nitrogens with one attached hydrogen (secondary N) is 3. The van der Waals surface area contributed by atoms with Crippen LogP contribution in [0, 0.1) is 5.41 Å². The van der Waals surface area contributed by atoms with Gasteiger partial charge in [0.25, 0.3) is 10.0 Å². The summed E-state index contributed by atoms with van der Waals surface area (Å²) in [4.78, 5) is 24.9. The fourth-order valence-electron chi connectivity index (χ4n) is 3.27. The Hall–Kier alpha value is -4.18. The second kappa shape index (κ2) is 11.3. The van der Waals surface area contributed by atoms with Crippen molar-refractivity contribution >= 4 is 39.1 Å². The fraction of sp³-hybridized carbons (Fsp3) is 0.160. The molecule has 10 heteroatoms. The second-order valence-electron chi connectivity index (χ2n) is 7.61. The minimum Gasteiger partial charge on any atom is -0.466 e. The lowest BCUT2D eigenvalue weighted by atomic mass is 10.1. The average Bonchev–Trinajstić information content (AvgIpc) is 2.81. The number of ether oxygens (including phenoxy) is 1. The normalized spacial score (nSPS) is 10.9. The Bertz CT molecular complexity index is 1320. The summed E-state index contributed by atoms with van der Waals surface area (Å²) in [6.45, 7) is 1.91. The van der Waals surface area contributed by atoms with E-state index >= 15 is 0 Å². The van der Waals surface area contributed by atoms with Gasteiger partial charge in [-0.05, 0) is 42.3 Å². The molecule has 0 unspecified atom stereocenters. The van der Waals surface area contributed by atoms with Crippen LogP contribution in [0.1, 0.15) is 23.6 Å². The van der Waals surface area contributed by atoms with Crippen LogP contribution in [0.15, 0.2) is 77.7 Å². The van der Waals surface area contributed by atoms with E-state index in [1.165, 1.54) is 24.3 Å². The van der Waals surface area contributed by atoms with Crippen molar-refractivity contribution in [3.63, 3.8) is 0 Å². The average molecular weight is 495 g/mol. The molecule has 0 aliphatic heterocycles. The maximum Gasteiger partial charge on any atom is 0.310 e. The minimum absolute atomic E-state index is 0.0248. The summed E-state index contributed by atoms with van der Waals surface area (Å²) < 4.78 is 32.9. The number of esters is 1. The number of nitrogens with two attached hydrogens (primary N) is 1. The van der Waals surface area contributed by atoms with Gasteiger partial charge in [-0.2, -0.15) is 0 Å². The molecule has 0 saturated heterocycles. The molecule has 35 heavy (non-hydrogen) atoms. The van der Waals surface area contributed by atoms with E-state index in [9.17, 15) is 18.0 Å². The molecule has 182 valence electrons. The highest BCUT2D eigenvalue weighted by atomic mass is 32.2. The number of hydrogen-bond acceptors (Lipinski definition) is 6. The van der Waals surface area contributed by atoms with Crippen molar-refractivity contribution in [2.45, 2.75) is 24.7 Å². The lowest BCUT2D eigenvalue weighted by molar-refractivity contribution is -0.142. The fourth-order valence-corrected chi connectivity index (χ4v) is 4.34. The molecule has 5 N–H and O–H groups in total. The first-order chi connectivity index (χ1) is 16.7. The van der Waals surface area contributed by atoms with Crippen molar-refractivity contribution in [2.75, 3.05) is 16.6 Å². The van der Waals surface area contributed by atoms with Crippen LogP contribution in [0.4, 0.5) is 11.4 Å². The zero-order chi connectivity index (χ0) is 25.4. The number of amidine groups is 1. The zero-order valence-corrected chi connectivity index (χ0v) is 19.9. The molecule has 0 bridgehead atoms. The third kappa shape index (κ3) is 7.15. The predicted molar refractivity (Wildman–Crippen MR) is 134 cm³/mol. The van der Waals surface area contributed by atoms with Crippen molar-refractivity contribution in [3.8, 4) is 0 Å². The molecule has 3 rings (SSSR count). The molecular weight excluding hydrogens is 468 g/mol. The molecule has 0 aliphatic rings. The molecule has 0 fully saturated rings. The molecule has 0 radical (unpaired) electrons. The van der Waals surface area contributed by atoms with E-state index in [2.05, 4.69) is 10.0 Å². The quantitative estimate of drug-likeness (QED) is 0.193. The molecule has 0 spiro atoms. The van der Waals surface area contributed by atoms with E-state index < -0.39 is 16.0 Å². The van der Waals surface area contributed by atoms with E-state index in [-0.39, 0.29) is 47.5 Å². The third-order valence-corrected chi connectivity index (χ3v) is 6.36. The molecule has 3 aromatic carbocycles. The first kappa shape index (κ1) is 25.4. The lowest BCUT2D eigenvalue weighted by Gasteiger charge is -2.15. The summed E-state index contributed by atoms with van der Waals surface area (Å²) in [5, 5.41) is 10.2. The van der Waals surface area contributed by atoms with Crippen molar-refractivity contribution in [2.24, 2.45) is 5.73 Å². The number of nitrogen functional groups attached to an aromatic ring is 1. The number of hydrogen-bond donors (Lipinski definition) is 4. The number of carbonyl (C=O) groups is 2. The van der Waals surface area contributed by atoms with Gasteiger partial charge in [0.15, 0.2) is 0 Å².